The molecule has 12 heteroatoms. The van der Waals surface area contributed by atoms with Crippen LogP contribution in [0, 0.1) is 0 Å². The van der Waals surface area contributed by atoms with E-state index in [1.54, 1.807) is 0 Å². The van der Waals surface area contributed by atoms with Gasteiger partial charge in [-0.05, 0) is 6.92 Å². The van der Waals surface area contributed by atoms with Gasteiger partial charge in [0.2, 0.25) is 0 Å². The molecule has 21 heavy (non-hydrogen) atoms. The molecule has 0 amide bonds. The van der Waals surface area contributed by atoms with E-state index < -0.39 is 49.1 Å². The zero-order valence-electron chi connectivity index (χ0n) is 11.3. The Hall–Kier alpha value is 1.22. The van der Waals surface area contributed by atoms with Crippen molar-refractivity contribution in [3.8, 4) is 0 Å². The van der Waals surface area contributed by atoms with Crippen LogP contribution in [0.4, 0.5) is 0 Å². The van der Waals surface area contributed by atoms with Gasteiger partial charge in [0, 0.05) is 0 Å². The molecule has 0 aromatic rings. The van der Waals surface area contributed by atoms with Crippen molar-refractivity contribution < 1.29 is 50.4 Å². The number of carboxylic acids is 2. The summed E-state index contributed by atoms with van der Waals surface area (Å²) in [5.41, 5.74) is 0. The summed E-state index contributed by atoms with van der Waals surface area (Å²) in [7, 11) is 0. The number of hydrogen-bond donors (Lipinski definition) is 6. The summed E-state index contributed by atoms with van der Waals surface area (Å²) >= 11 is 0. The number of rotatable bonds is 6. The molecule has 0 bridgehead atoms. The Bertz CT molecular complexity index is 288. The van der Waals surface area contributed by atoms with Crippen molar-refractivity contribution in [2.45, 2.75) is 37.4 Å². The van der Waals surface area contributed by atoms with Crippen LogP contribution in [0.15, 0.2) is 0 Å². The summed E-state index contributed by atoms with van der Waals surface area (Å²) in [4.78, 5) is 19.3. The monoisotopic (exact) mass is 364 g/mol. The third-order valence-corrected chi connectivity index (χ3v) is 1.84. The van der Waals surface area contributed by atoms with Crippen molar-refractivity contribution in [1.29, 1.82) is 0 Å². The van der Waals surface area contributed by atoms with Crippen molar-refractivity contribution in [1.82, 2.24) is 0 Å². The first-order valence-corrected chi connectivity index (χ1v) is 4.99. The molecular formula is C9H16Ca2O10+2. The van der Waals surface area contributed by atoms with Gasteiger partial charge >= 0.3 is 75.5 Å². The average molecular weight is 364 g/mol. The van der Waals surface area contributed by atoms with Crippen LogP contribution in [-0.2, 0) is 9.59 Å². The molecule has 114 valence electrons. The predicted molar refractivity (Wildman–Crippen MR) is 64.3 cm³/mol. The molecule has 0 fully saturated rings. The Morgan fingerprint density at radius 1 is 0.905 bits per heavy atom. The molecule has 10 nitrogen and oxygen atoms in total. The third-order valence-electron chi connectivity index (χ3n) is 1.84. The van der Waals surface area contributed by atoms with Gasteiger partial charge in [0.1, 0.15) is 24.4 Å². The SMILES string of the molecule is CC(O)C(=O)[O-].O=C([O-])[C@H](O)[C@@H](O)[C@H](O)[C@H](O)CO.[Ca+2].[Ca+2]. The van der Waals surface area contributed by atoms with Gasteiger partial charge in [-0.25, -0.2) is 0 Å². The number of aliphatic hydroxyl groups is 6. The van der Waals surface area contributed by atoms with Crippen LogP contribution >= 0.6 is 0 Å². The van der Waals surface area contributed by atoms with Gasteiger partial charge in [-0.15, -0.1) is 0 Å². The van der Waals surface area contributed by atoms with Crippen molar-refractivity contribution in [3.63, 3.8) is 0 Å². The number of carbonyl (C=O) groups excluding carboxylic acids is 2. The van der Waals surface area contributed by atoms with E-state index in [9.17, 15) is 19.8 Å². The fourth-order valence-electron chi connectivity index (χ4n) is 0.662. The first kappa shape index (κ1) is 30.1. The van der Waals surface area contributed by atoms with E-state index in [0.29, 0.717) is 0 Å². The standard InChI is InChI=1S/C6H12O7.C3H6O3.2Ca/c7-1-2(8)3(9)4(10)5(11)6(12)13;1-2(4)3(5)6;;/h2-5,7-11H,1H2,(H,12,13);2,4H,1H3,(H,5,6);;/q;;2*+2/p-2/t2-,3-,4+,5-;;;/m1.../s1. The first-order chi connectivity index (χ1) is 8.56. The van der Waals surface area contributed by atoms with Gasteiger partial charge in [-0.3, -0.25) is 0 Å². The second kappa shape index (κ2) is 16.1. The first-order valence-electron chi connectivity index (χ1n) is 4.99. The van der Waals surface area contributed by atoms with Crippen molar-refractivity contribution >= 4 is 87.4 Å². The van der Waals surface area contributed by atoms with Gasteiger partial charge in [-0.1, -0.05) is 0 Å². The number of aliphatic carboxylic acids is 2. The average Bonchev–Trinajstić information content (AvgIpc) is 2.35. The topological polar surface area (TPSA) is 202 Å². The van der Waals surface area contributed by atoms with Crippen LogP contribution in [0.25, 0.3) is 0 Å². The molecule has 0 aliphatic rings. The third kappa shape index (κ3) is 14.5. The summed E-state index contributed by atoms with van der Waals surface area (Å²) in [5.74, 6) is -3.41. The molecule has 0 rings (SSSR count). The quantitative estimate of drug-likeness (QED) is 0.246. The minimum absolute atomic E-state index is 0. The molecule has 0 aliphatic carbocycles. The Balaban J connectivity index is -0.000000156. The Morgan fingerprint density at radius 3 is 1.43 bits per heavy atom. The van der Waals surface area contributed by atoms with E-state index >= 15 is 0 Å². The molecule has 0 aromatic carbocycles. The molecule has 0 aromatic heterocycles. The van der Waals surface area contributed by atoms with Crippen molar-refractivity contribution in [3.05, 3.63) is 0 Å². The van der Waals surface area contributed by atoms with Crippen LogP contribution in [-0.4, -0.2) is 155 Å². The predicted octanol–water partition coefficient (Wildman–Crippen LogP) is -7.47. The number of hydrogen-bond acceptors (Lipinski definition) is 10. The fourth-order valence-corrected chi connectivity index (χ4v) is 0.662. The van der Waals surface area contributed by atoms with Gasteiger partial charge < -0.3 is 50.4 Å². The maximum Gasteiger partial charge on any atom is 2.00 e. The second-order valence-corrected chi connectivity index (χ2v) is 3.49. The van der Waals surface area contributed by atoms with Crippen LogP contribution < -0.4 is 10.2 Å². The summed E-state index contributed by atoms with van der Waals surface area (Å²) < 4.78 is 0. The van der Waals surface area contributed by atoms with Crippen LogP contribution in [0.1, 0.15) is 6.92 Å². The number of aliphatic hydroxyl groups excluding tert-OH is 6. The molecule has 0 saturated carbocycles. The summed E-state index contributed by atoms with van der Waals surface area (Å²) in [5, 5.41) is 70.7. The molecule has 0 spiro atoms. The molecule has 0 aliphatic heterocycles. The Labute approximate surface area is 180 Å². The molecule has 0 radical (unpaired) electrons. The minimum Gasteiger partial charge on any atom is -0.547 e. The fraction of sp³-hybridized carbons (Fsp3) is 0.778. The van der Waals surface area contributed by atoms with Crippen molar-refractivity contribution in [2.24, 2.45) is 0 Å². The van der Waals surface area contributed by atoms with Crippen LogP contribution in [0.2, 0.25) is 0 Å². The van der Waals surface area contributed by atoms with Gasteiger partial charge in [0.05, 0.1) is 24.6 Å². The zero-order valence-corrected chi connectivity index (χ0v) is 15.7. The minimum atomic E-state index is -2.31. The maximum atomic E-state index is 9.98. The van der Waals surface area contributed by atoms with Gasteiger partial charge in [0.25, 0.3) is 0 Å². The second-order valence-electron chi connectivity index (χ2n) is 3.49. The maximum absolute atomic E-state index is 9.98. The normalized spacial score (nSPS) is 16.5. The van der Waals surface area contributed by atoms with Crippen LogP contribution in [0.5, 0.6) is 0 Å². The van der Waals surface area contributed by atoms with Gasteiger partial charge in [-0.2, -0.15) is 0 Å². The molecule has 0 heterocycles. The van der Waals surface area contributed by atoms with E-state index in [1.807, 2.05) is 0 Å². The van der Waals surface area contributed by atoms with E-state index in [2.05, 4.69) is 0 Å². The van der Waals surface area contributed by atoms with Crippen LogP contribution in [0.3, 0.4) is 0 Å². The Kier molecular flexibility index (Phi) is 23.1. The molecular weight excluding hydrogens is 348 g/mol. The van der Waals surface area contributed by atoms with Crippen molar-refractivity contribution in [2.75, 3.05) is 6.61 Å². The summed E-state index contributed by atoms with van der Waals surface area (Å²) in [6.07, 6.45) is -9.42. The largest absolute Gasteiger partial charge is 2.00 e. The van der Waals surface area contributed by atoms with E-state index in [4.69, 9.17) is 30.6 Å². The summed E-state index contributed by atoms with van der Waals surface area (Å²) in [6.45, 7) is 0.271. The zero-order chi connectivity index (χ0) is 15.7. The molecule has 0 saturated heterocycles. The van der Waals surface area contributed by atoms with Gasteiger partial charge in [0.15, 0.2) is 0 Å². The molecule has 1 unspecified atom stereocenters. The Morgan fingerprint density at radius 2 is 1.24 bits per heavy atom. The van der Waals surface area contributed by atoms with E-state index in [-0.39, 0.29) is 75.5 Å². The smallest absolute Gasteiger partial charge is 0.547 e. The number of carbonyl (C=O) groups is 2. The van der Waals surface area contributed by atoms with E-state index in [0.717, 1.165) is 6.92 Å². The molecule has 5 atom stereocenters. The molecule has 6 N–H and O–H groups in total. The summed E-state index contributed by atoms with van der Waals surface area (Å²) in [6, 6.07) is 0. The van der Waals surface area contributed by atoms with E-state index in [1.165, 1.54) is 0 Å². The number of carboxylic acid groups (broad SMARTS) is 2.